The zero-order valence-corrected chi connectivity index (χ0v) is 13.1. The van der Waals surface area contributed by atoms with Crippen molar-refractivity contribution in [2.24, 2.45) is 0 Å². The first-order chi connectivity index (χ1) is 9.31. The van der Waals surface area contributed by atoms with Crippen LogP contribution in [-0.2, 0) is 6.42 Å². The van der Waals surface area contributed by atoms with Gasteiger partial charge in [-0.1, -0.05) is 28.1 Å². The Morgan fingerprint density at radius 3 is 2.74 bits per heavy atom. The van der Waals surface area contributed by atoms with Gasteiger partial charge in [0.1, 0.15) is 0 Å². The topological polar surface area (TPSA) is 24.9 Å². The molecule has 100 valence electrons. The Labute approximate surface area is 126 Å². The van der Waals surface area contributed by atoms with Crippen molar-refractivity contribution in [3.05, 3.63) is 50.9 Å². The summed E-state index contributed by atoms with van der Waals surface area (Å²) in [4.78, 5) is 4.42. The number of benzene rings is 1. The lowest BCUT2D eigenvalue weighted by atomic mass is 9.94. The van der Waals surface area contributed by atoms with Crippen molar-refractivity contribution in [3.8, 4) is 0 Å². The highest BCUT2D eigenvalue weighted by molar-refractivity contribution is 9.10. The van der Waals surface area contributed by atoms with Gasteiger partial charge in [0.05, 0.1) is 11.2 Å². The minimum Gasteiger partial charge on any atom is -0.313 e. The lowest BCUT2D eigenvalue weighted by Gasteiger charge is -2.17. The molecule has 0 saturated heterocycles. The zero-order chi connectivity index (χ0) is 13.1. The summed E-state index contributed by atoms with van der Waals surface area (Å²) >= 11 is 5.18. The minimum absolute atomic E-state index is 0.510. The molecule has 1 aliphatic rings. The molecule has 1 unspecified atom stereocenters. The van der Waals surface area contributed by atoms with Gasteiger partial charge in [-0.25, -0.2) is 4.98 Å². The molecule has 1 N–H and O–H groups in total. The molecule has 1 atom stereocenters. The summed E-state index contributed by atoms with van der Waals surface area (Å²) in [6, 6.07) is 9.44. The first-order valence-corrected chi connectivity index (χ1v) is 8.41. The third-order valence-electron chi connectivity index (χ3n) is 3.51. The van der Waals surface area contributed by atoms with E-state index in [1.165, 1.54) is 24.1 Å². The Balaban J connectivity index is 1.71. The first-order valence-electron chi connectivity index (χ1n) is 6.67. The molecule has 1 saturated carbocycles. The largest absolute Gasteiger partial charge is 0.313 e. The van der Waals surface area contributed by atoms with Gasteiger partial charge in [0.2, 0.25) is 0 Å². The van der Waals surface area contributed by atoms with Crippen molar-refractivity contribution in [1.29, 1.82) is 0 Å². The van der Waals surface area contributed by atoms with Crippen LogP contribution in [0.5, 0.6) is 0 Å². The van der Waals surface area contributed by atoms with E-state index in [1.807, 2.05) is 5.51 Å². The third kappa shape index (κ3) is 3.88. The maximum Gasteiger partial charge on any atom is 0.0794 e. The molecular weight excluding hydrogens is 320 g/mol. The van der Waals surface area contributed by atoms with Crippen LogP contribution in [0.2, 0.25) is 0 Å². The minimum atomic E-state index is 0.510. The van der Waals surface area contributed by atoms with E-state index in [0.29, 0.717) is 5.92 Å². The van der Waals surface area contributed by atoms with E-state index in [9.17, 15) is 0 Å². The number of hydrogen-bond acceptors (Lipinski definition) is 3. The van der Waals surface area contributed by atoms with Gasteiger partial charge in [-0.05, 0) is 37.0 Å². The molecule has 3 rings (SSSR count). The van der Waals surface area contributed by atoms with Gasteiger partial charge in [0.25, 0.3) is 0 Å². The van der Waals surface area contributed by atoms with Gasteiger partial charge in [0.15, 0.2) is 0 Å². The van der Waals surface area contributed by atoms with E-state index in [-0.39, 0.29) is 0 Å². The maximum atomic E-state index is 4.42. The summed E-state index contributed by atoms with van der Waals surface area (Å²) in [6.45, 7) is 1.05. The van der Waals surface area contributed by atoms with Crippen LogP contribution >= 0.6 is 27.3 Å². The fraction of sp³-hybridized carbons (Fsp3) is 0.400. The molecule has 0 amide bonds. The fourth-order valence-electron chi connectivity index (χ4n) is 2.23. The second-order valence-electron chi connectivity index (χ2n) is 5.11. The van der Waals surface area contributed by atoms with Gasteiger partial charge in [-0.2, -0.15) is 0 Å². The van der Waals surface area contributed by atoms with Crippen molar-refractivity contribution in [2.45, 2.75) is 31.2 Å². The number of aromatic nitrogens is 1. The summed E-state index contributed by atoms with van der Waals surface area (Å²) in [6.07, 6.45) is 3.69. The molecular formula is C15H17BrN2S. The lowest BCUT2D eigenvalue weighted by molar-refractivity contribution is 0.573. The number of nitrogens with one attached hydrogen (secondary N) is 1. The van der Waals surface area contributed by atoms with Crippen LogP contribution in [0.25, 0.3) is 0 Å². The molecule has 1 aromatic heterocycles. The SMILES string of the molecule is Brc1ccc(C(CNC2CC2)Cc2cscn2)cc1. The van der Waals surface area contributed by atoms with Crippen molar-refractivity contribution in [1.82, 2.24) is 10.3 Å². The van der Waals surface area contributed by atoms with Crippen molar-refractivity contribution >= 4 is 27.3 Å². The molecule has 2 aromatic rings. The smallest absolute Gasteiger partial charge is 0.0794 e. The molecule has 1 heterocycles. The standard InChI is InChI=1S/C15H17BrN2S/c16-13-3-1-11(2-4-13)12(8-17-14-5-6-14)7-15-9-19-10-18-15/h1-4,9-10,12,14,17H,5-8H2. The highest BCUT2D eigenvalue weighted by Gasteiger charge is 2.22. The van der Waals surface area contributed by atoms with E-state index in [1.54, 1.807) is 11.3 Å². The van der Waals surface area contributed by atoms with Gasteiger partial charge >= 0.3 is 0 Å². The molecule has 0 aliphatic heterocycles. The molecule has 19 heavy (non-hydrogen) atoms. The molecule has 0 radical (unpaired) electrons. The molecule has 0 spiro atoms. The van der Waals surface area contributed by atoms with E-state index >= 15 is 0 Å². The number of rotatable bonds is 6. The third-order valence-corrected chi connectivity index (χ3v) is 4.67. The van der Waals surface area contributed by atoms with E-state index in [2.05, 4.69) is 55.9 Å². The Morgan fingerprint density at radius 2 is 2.11 bits per heavy atom. The van der Waals surface area contributed by atoms with Crippen LogP contribution in [0.4, 0.5) is 0 Å². The van der Waals surface area contributed by atoms with Crippen LogP contribution in [-0.4, -0.2) is 17.6 Å². The summed E-state index contributed by atoms with van der Waals surface area (Å²) in [5, 5.41) is 5.80. The molecule has 1 aliphatic carbocycles. The highest BCUT2D eigenvalue weighted by atomic mass is 79.9. The predicted molar refractivity (Wildman–Crippen MR) is 83.7 cm³/mol. The molecule has 2 nitrogen and oxygen atoms in total. The van der Waals surface area contributed by atoms with Crippen molar-refractivity contribution < 1.29 is 0 Å². The molecule has 1 aromatic carbocycles. The van der Waals surface area contributed by atoms with E-state index in [4.69, 9.17) is 0 Å². The average molecular weight is 337 g/mol. The fourth-order valence-corrected chi connectivity index (χ4v) is 3.07. The van der Waals surface area contributed by atoms with E-state index in [0.717, 1.165) is 23.5 Å². The maximum absolute atomic E-state index is 4.42. The van der Waals surface area contributed by atoms with Crippen LogP contribution in [0.15, 0.2) is 39.6 Å². The summed E-state index contributed by atoms with van der Waals surface area (Å²) in [5.41, 5.74) is 4.52. The van der Waals surface area contributed by atoms with Crippen LogP contribution in [0.3, 0.4) is 0 Å². The van der Waals surface area contributed by atoms with Crippen LogP contribution < -0.4 is 5.32 Å². The van der Waals surface area contributed by atoms with Crippen LogP contribution in [0.1, 0.15) is 30.0 Å². The summed E-state index contributed by atoms with van der Waals surface area (Å²) in [7, 11) is 0. The summed E-state index contributed by atoms with van der Waals surface area (Å²) in [5.74, 6) is 0.510. The second-order valence-corrected chi connectivity index (χ2v) is 6.75. The first kappa shape index (κ1) is 13.3. The second kappa shape index (κ2) is 6.16. The van der Waals surface area contributed by atoms with Gasteiger partial charge < -0.3 is 5.32 Å². The lowest BCUT2D eigenvalue weighted by Crippen LogP contribution is -2.24. The molecule has 0 bridgehead atoms. The van der Waals surface area contributed by atoms with E-state index < -0.39 is 0 Å². The quantitative estimate of drug-likeness (QED) is 0.862. The van der Waals surface area contributed by atoms with Crippen molar-refractivity contribution in [3.63, 3.8) is 0 Å². The Morgan fingerprint density at radius 1 is 1.32 bits per heavy atom. The molecule has 4 heteroatoms. The average Bonchev–Trinajstić information content (AvgIpc) is 3.11. The molecule has 1 fully saturated rings. The van der Waals surface area contributed by atoms with Crippen molar-refractivity contribution in [2.75, 3.05) is 6.54 Å². The van der Waals surface area contributed by atoms with Crippen LogP contribution in [0, 0.1) is 0 Å². The van der Waals surface area contributed by atoms with Gasteiger partial charge in [-0.15, -0.1) is 11.3 Å². The predicted octanol–water partition coefficient (Wildman–Crippen LogP) is 3.98. The Bertz CT molecular complexity index is 505. The van der Waals surface area contributed by atoms with Gasteiger partial charge in [0, 0.05) is 28.4 Å². The number of halogens is 1. The highest BCUT2D eigenvalue weighted by Crippen LogP contribution is 2.25. The monoisotopic (exact) mass is 336 g/mol. The Kier molecular flexibility index (Phi) is 4.31. The number of nitrogens with zero attached hydrogens (tertiary/aromatic N) is 1. The summed E-state index contributed by atoms with van der Waals surface area (Å²) < 4.78 is 1.14. The Hall–Kier alpha value is -0.710. The number of thiazole rings is 1. The normalized spacial score (nSPS) is 16.5. The number of hydrogen-bond donors (Lipinski definition) is 1. The van der Waals surface area contributed by atoms with Gasteiger partial charge in [-0.3, -0.25) is 0 Å². The zero-order valence-electron chi connectivity index (χ0n) is 10.7.